The summed E-state index contributed by atoms with van der Waals surface area (Å²) in [5.74, 6) is 0.0742. The molecular formula is C22H27N3O2. The number of imidazole rings is 1. The van der Waals surface area contributed by atoms with Crippen LogP contribution in [0.1, 0.15) is 36.0 Å². The molecule has 1 aromatic heterocycles. The molecule has 0 radical (unpaired) electrons. The third kappa shape index (κ3) is 4.88. The van der Waals surface area contributed by atoms with Crippen molar-refractivity contribution in [3.05, 3.63) is 69.6 Å². The van der Waals surface area contributed by atoms with Gasteiger partial charge in [-0.3, -0.25) is 9.36 Å². The number of aromatic amines is 1. The molecule has 0 aliphatic carbocycles. The molecule has 3 aromatic rings. The Morgan fingerprint density at radius 1 is 1.07 bits per heavy atom. The Bertz CT molecular complexity index is 985. The second-order valence-electron chi connectivity index (χ2n) is 7.07. The molecule has 1 amide bonds. The number of carbonyl (C=O) groups is 1. The molecule has 27 heavy (non-hydrogen) atoms. The van der Waals surface area contributed by atoms with Crippen LogP contribution < -0.4 is 11.0 Å². The van der Waals surface area contributed by atoms with E-state index >= 15 is 0 Å². The standard InChI is InChI=1S/C22H27N3O2/c1-16-11-12-18(15-17(16)2)7-5-10-21(26)23-13-6-14-25-20-9-4-3-8-19(20)24-22(25)27/h3-4,8-9,11-12,15H,5-7,10,13-14H2,1-2H3,(H,23,26)(H,24,27). The molecule has 0 saturated heterocycles. The molecule has 0 bridgehead atoms. The number of amides is 1. The van der Waals surface area contributed by atoms with Crippen LogP contribution in [0.4, 0.5) is 0 Å². The summed E-state index contributed by atoms with van der Waals surface area (Å²) in [5, 5.41) is 2.95. The van der Waals surface area contributed by atoms with Gasteiger partial charge in [-0.05, 0) is 61.9 Å². The normalized spacial score (nSPS) is 11.0. The molecule has 5 nitrogen and oxygen atoms in total. The van der Waals surface area contributed by atoms with E-state index in [1.807, 2.05) is 24.3 Å². The van der Waals surface area contributed by atoms with Crippen molar-refractivity contribution < 1.29 is 4.79 Å². The van der Waals surface area contributed by atoms with Crippen molar-refractivity contribution in [1.82, 2.24) is 14.9 Å². The zero-order valence-electron chi connectivity index (χ0n) is 16.0. The molecule has 0 aliphatic rings. The van der Waals surface area contributed by atoms with Crippen molar-refractivity contribution in [2.45, 2.75) is 46.1 Å². The second kappa shape index (κ2) is 8.71. The largest absolute Gasteiger partial charge is 0.356 e. The lowest BCUT2D eigenvalue weighted by atomic mass is 10.0. The topological polar surface area (TPSA) is 66.9 Å². The quantitative estimate of drug-likeness (QED) is 0.600. The van der Waals surface area contributed by atoms with Gasteiger partial charge >= 0.3 is 5.69 Å². The zero-order chi connectivity index (χ0) is 19.2. The van der Waals surface area contributed by atoms with Gasteiger partial charge in [-0.1, -0.05) is 30.3 Å². The van der Waals surface area contributed by atoms with Gasteiger partial charge in [0, 0.05) is 19.5 Å². The minimum Gasteiger partial charge on any atom is -0.356 e. The number of fused-ring (bicyclic) bond motifs is 1. The van der Waals surface area contributed by atoms with Crippen molar-refractivity contribution in [3.8, 4) is 0 Å². The number of H-pyrrole nitrogens is 1. The first kappa shape index (κ1) is 19.0. The molecule has 1 heterocycles. The third-order valence-electron chi connectivity index (χ3n) is 5.00. The lowest BCUT2D eigenvalue weighted by Crippen LogP contribution is -2.26. The van der Waals surface area contributed by atoms with Crippen LogP contribution in [0.25, 0.3) is 11.0 Å². The zero-order valence-corrected chi connectivity index (χ0v) is 16.0. The fourth-order valence-electron chi connectivity index (χ4n) is 3.29. The monoisotopic (exact) mass is 365 g/mol. The van der Waals surface area contributed by atoms with Crippen LogP contribution >= 0.6 is 0 Å². The van der Waals surface area contributed by atoms with E-state index in [1.165, 1.54) is 16.7 Å². The summed E-state index contributed by atoms with van der Waals surface area (Å²) in [5.41, 5.74) is 5.52. The first-order chi connectivity index (χ1) is 13.0. The average molecular weight is 365 g/mol. The van der Waals surface area contributed by atoms with E-state index in [1.54, 1.807) is 4.57 Å². The van der Waals surface area contributed by atoms with E-state index in [9.17, 15) is 9.59 Å². The van der Waals surface area contributed by atoms with Crippen LogP contribution in [0, 0.1) is 13.8 Å². The van der Waals surface area contributed by atoms with Gasteiger partial charge in [0.15, 0.2) is 0 Å². The van der Waals surface area contributed by atoms with Gasteiger partial charge in [0.05, 0.1) is 11.0 Å². The van der Waals surface area contributed by atoms with Gasteiger partial charge in [-0.15, -0.1) is 0 Å². The van der Waals surface area contributed by atoms with Gasteiger partial charge < -0.3 is 10.3 Å². The van der Waals surface area contributed by atoms with Crippen LogP contribution in [0.15, 0.2) is 47.3 Å². The van der Waals surface area contributed by atoms with E-state index in [0.717, 1.165) is 30.3 Å². The Kier molecular flexibility index (Phi) is 6.12. The van der Waals surface area contributed by atoms with Crippen molar-refractivity contribution in [2.75, 3.05) is 6.54 Å². The summed E-state index contributed by atoms with van der Waals surface area (Å²) in [6.45, 7) is 5.39. The summed E-state index contributed by atoms with van der Waals surface area (Å²) < 4.78 is 1.72. The van der Waals surface area contributed by atoms with Crippen LogP contribution in [0.5, 0.6) is 0 Å². The minimum absolute atomic E-state index is 0.0742. The lowest BCUT2D eigenvalue weighted by Gasteiger charge is -2.07. The molecule has 142 valence electrons. The molecule has 2 aromatic carbocycles. The highest BCUT2D eigenvalue weighted by molar-refractivity contribution is 5.76. The fraction of sp³-hybridized carbons (Fsp3) is 0.364. The highest BCUT2D eigenvalue weighted by Crippen LogP contribution is 2.12. The number of hydrogen-bond donors (Lipinski definition) is 2. The molecule has 0 fully saturated rings. The van der Waals surface area contributed by atoms with Gasteiger partial charge in [-0.2, -0.15) is 0 Å². The maximum Gasteiger partial charge on any atom is 0.326 e. The number of rotatable bonds is 8. The van der Waals surface area contributed by atoms with Crippen molar-refractivity contribution >= 4 is 16.9 Å². The Balaban J connectivity index is 1.39. The Morgan fingerprint density at radius 2 is 1.89 bits per heavy atom. The first-order valence-corrected chi connectivity index (χ1v) is 9.55. The van der Waals surface area contributed by atoms with E-state index in [0.29, 0.717) is 19.5 Å². The number of aryl methyl sites for hydroxylation is 4. The van der Waals surface area contributed by atoms with E-state index in [4.69, 9.17) is 0 Å². The highest BCUT2D eigenvalue weighted by atomic mass is 16.2. The summed E-state index contributed by atoms with van der Waals surface area (Å²) in [6.07, 6.45) is 3.01. The summed E-state index contributed by atoms with van der Waals surface area (Å²) in [6, 6.07) is 14.1. The maximum atomic E-state index is 12.0. The number of hydrogen-bond acceptors (Lipinski definition) is 2. The summed E-state index contributed by atoms with van der Waals surface area (Å²) in [4.78, 5) is 26.9. The Hall–Kier alpha value is -2.82. The van der Waals surface area contributed by atoms with E-state index in [2.05, 4.69) is 42.3 Å². The third-order valence-corrected chi connectivity index (χ3v) is 5.00. The molecule has 0 spiro atoms. The Labute approximate surface area is 159 Å². The second-order valence-corrected chi connectivity index (χ2v) is 7.07. The predicted molar refractivity (Wildman–Crippen MR) is 109 cm³/mol. The maximum absolute atomic E-state index is 12.0. The molecule has 0 saturated carbocycles. The first-order valence-electron chi connectivity index (χ1n) is 9.55. The molecular weight excluding hydrogens is 338 g/mol. The number of carbonyl (C=O) groups excluding carboxylic acids is 1. The van der Waals surface area contributed by atoms with Crippen molar-refractivity contribution in [3.63, 3.8) is 0 Å². The van der Waals surface area contributed by atoms with E-state index in [-0.39, 0.29) is 11.6 Å². The molecule has 5 heteroatoms. The number of para-hydroxylation sites is 2. The average Bonchev–Trinajstić information content (AvgIpc) is 2.97. The van der Waals surface area contributed by atoms with Crippen LogP contribution in [-0.4, -0.2) is 22.0 Å². The van der Waals surface area contributed by atoms with Crippen LogP contribution in [0.2, 0.25) is 0 Å². The highest BCUT2D eigenvalue weighted by Gasteiger charge is 2.06. The summed E-state index contributed by atoms with van der Waals surface area (Å²) in [7, 11) is 0. The van der Waals surface area contributed by atoms with Gasteiger partial charge in [0.25, 0.3) is 0 Å². The molecule has 0 unspecified atom stereocenters. The van der Waals surface area contributed by atoms with Gasteiger partial charge in [0.1, 0.15) is 0 Å². The fourth-order valence-corrected chi connectivity index (χ4v) is 3.29. The van der Waals surface area contributed by atoms with Gasteiger partial charge in [-0.25, -0.2) is 4.79 Å². The summed E-state index contributed by atoms with van der Waals surface area (Å²) >= 11 is 0. The van der Waals surface area contributed by atoms with Crippen LogP contribution in [-0.2, 0) is 17.8 Å². The number of nitrogens with one attached hydrogen (secondary N) is 2. The predicted octanol–water partition coefficient (Wildman–Crippen LogP) is 3.48. The molecule has 2 N–H and O–H groups in total. The smallest absolute Gasteiger partial charge is 0.326 e. The number of benzene rings is 2. The van der Waals surface area contributed by atoms with E-state index < -0.39 is 0 Å². The van der Waals surface area contributed by atoms with Crippen molar-refractivity contribution in [1.29, 1.82) is 0 Å². The van der Waals surface area contributed by atoms with Crippen molar-refractivity contribution in [2.24, 2.45) is 0 Å². The SMILES string of the molecule is Cc1ccc(CCCC(=O)NCCCn2c(=O)[nH]c3ccccc32)cc1C. The minimum atomic E-state index is -0.101. The van der Waals surface area contributed by atoms with Crippen LogP contribution in [0.3, 0.4) is 0 Å². The number of nitrogens with zero attached hydrogens (tertiary/aromatic N) is 1. The Morgan fingerprint density at radius 3 is 2.70 bits per heavy atom. The lowest BCUT2D eigenvalue weighted by molar-refractivity contribution is -0.121. The van der Waals surface area contributed by atoms with Gasteiger partial charge in [0.2, 0.25) is 5.91 Å². The molecule has 3 rings (SSSR count). The molecule has 0 atom stereocenters. The number of aromatic nitrogens is 2. The molecule has 0 aliphatic heterocycles.